The van der Waals surface area contributed by atoms with E-state index in [1.807, 2.05) is 0 Å². The maximum atomic E-state index is 12.3. The molecule has 116 valence electrons. The number of benzene rings is 1. The predicted octanol–water partition coefficient (Wildman–Crippen LogP) is 0.452. The fourth-order valence-corrected chi connectivity index (χ4v) is 4.01. The molecule has 1 aromatic carbocycles. The van der Waals surface area contributed by atoms with Crippen molar-refractivity contribution in [2.24, 2.45) is 11.7 Å². The van der Waals surface area contributed by atoms with Gasteiger partial charge in [0.1, 0.15) is 0 Å². The summed E-state index contributed by atoms with van der Waals surface area (Å²) >= 11 is 0. The van der Waals surface area contributed by atoms with Gasteiger partial charge in [-0.1, -0.05) is 6.42 Å². The summed E-state index contributed by atoms with van der Waals surface area (Å²) in [4.78, 5) is 11.6. The molecule has 6 nitrogen and oxygen atoms in total. The number of sulfonamides is 1. The molecule has 0 aliphatic heterocycles. The van der Waals surface area contributed by atoms with E-state index in [9.17, 15) is 13.2 Å². The van der Waals surface area contributed by atoms with Crippen LogP contribution in [0.3, 0.4) is 0 Å². The zero-order chi connectivity index (χ0) is 15.5. The summed E-state index contributed by atoms with van der Waals surface area (Å²) in [6.07, 6.45) is 2.77. The second kappa shape index (κ2) is 6.55. The zero-order valence-corrected chi connectivity index (χ0v) is 12.8. The first kappa shape index (κ1) is 15.9. The molecule has 0 heterocycles. The number of rotatable bonds is 5. The molecule has 0 aromatic heterocycles. The Morgan fingerprint density at radius 2 is 1.95 bits per heavy atom. The predicted molar refractivity (Wildman–Crippen MR) is 80.3 cm³/mol. The molecule has 2 atom stereocenters. The van der Waals surface area contributed by atoms with Gasteiger partial charge in [0, 0.05) is 18.7 Å². The van der Waals surface area contributed by atoms with Crippen molar-refractivity contribution in [1.29, 1.82) is 0 Å². The van der Waals surface area contributed by atoms with E-state index in [0.29, 0.717) is 12.1 Å². The minimum absolute atomic E-state index is 0.0985. The second-order valence-electron chi connectivity index (χ2n) is 5.26. The summed E-state index contributed by atoms with van der Waals surface area (Å²) in [5, 5.41) is 2.49. The Labute approximate surface area is 125 Å². The van der Waals surface area contributed by atoms with Gasteiger partial charge >= 0.3 is 0 Å². The van der Waals surface area contributed by atoms with E-state index in [0.717, 1.165) is 19.3 Å². The number of hydrogen-bond donors (Lipinski definition) is 3. The SMILES string of the molecule is CNC(=O)c1ccc(S(=O)(=O)NC2CCCC2CN)cc1. The van der Waals surface area contributed by atoms with Crippen LogP contribution in [-0.2, 0) is 10.0 Å². The zero-order valence-electron chi connectivity index (χ0n) is 12.0. The van der Waals surface area contributed by atoms with Crippen LogP contribution >= 0.6 is 0 Å². The number of hydrogen-bond acceptors (Lipinski definition) is 4. The quantitative estimate of drug-likeness (QED) is 0.735. The van der Waals surface area contributed by atoms with E-state index >= 15 is 0 Å². The van der Waals surface area contributed by atoms with Gasteiger partial charge in [0.2, 0.25) is 10.0 Å². The molecule has 1 aliphatic carbocycles. The Hall–Kier alpha value is -1.44. The lowest BCUT2D eigenvalue weighted by atomic mass is 10.1. The normalized spacial score (nSPS) is 22.2. The van der Waals surface area contributed by atoms with Gasteiger partial charge in [0.05, 0.1) is 4.90 Å². The smallest absolute Gasteiger partial charge is 0.251 e. The monoisotopic (exact) mass is 311 g/mol. The molecule has 1 aliphatic rings. The lowest BCUT2D eigenvalue weighted by Crippen LogP contribution is -2.39. The second-order valence-corrected chi connectivity index (χ2v) is 6.97. The Bertz CT molecular complexity index is 598. The molecular formula is C14H21N3O3S. The van der Waals surface area contributed by atoms with Crippen molar-refractivity contribution < 1.29 is 13.2 Å². The maximum Gasteiger partial charge on any atom is 0.251 e. The van der Waals surface area contributed by atoms with Crippen LogP contribution in [0.1, 0.15) is 29.6 Å². The molecule has 0 bridgehead atoms. The van der Waals surface area contributed by atoms with Crippen molar-refractivity contribution in [2.75, 3.05) is 13.6 Å². The first-order valence-corrected chi connectivity index (χ1v) is 8.51. The standard InChI is InChI=1S/C14H21N3O3S/c1-16-14(18)10-5-7-12(8-6-10)21(19,20)17-13-4-2-3-11(13)9-15/h5-8,11,13,17H,2-4,9,15H2,1H3,(H,16,18). The van der Waals surface area contributed by atoms with E-state index in [1.54, 1.807) is 0 Å². The number of carbonyl (C=O) groups excluding carboxylic acids is 1. The van der Waals surface area contributed by atoms with Crippen molar-refractivity contribution in [3.05, 3.63) is 29.8 Å². The van der Waals surface area contributed by atoms with Crippen molar-refractivity contribution >= 4 is 15.9 Å². The van der Waals surface area contributed by atoms with Crippen LogP contribution < -0.4 is 15.8 Å². The molecule has 7 heteroatoms. The summed E-state index contributed by atoms with van der Waals surface area (Å²) in [7, 11) is -2.04. The van der Waals surface area contributed by atoms with Gasteiger partial charge in [-0.3, -0.25) is 4.79 Å². The maximum absolute atomic E-state index is 12.3. The largest absolute Gasteiger partial charge is 0.355 e. The highest BCUT2D eigenvalue weighted by atomic mass is 32.2. The number of nitrogens with one attached hydrogen (secondary N) is 2. The van der Waals surface area contributed by atoms with Gasteiger partial charge < -0.3 is 11.1 Å². The number of carbonyl (C=O) groups is 1. The summed E-state index contributed by atoms with van der Waals surface area (Å²) in [5.41, 5.74) is 6.10. The highest BCUT2D eigenvalue weighted by Crippen LogP contribution is 2.26. The van der Waals surface area contributed by atoms with Gasteiger partial charge in [0.25, 0.3) is 5.91 Å². The molecule has 0 spiro atoms. The van der Waals surface area contributed by atoms with Crippen LogP contribution in [-0.4, -0.2) is 34.0 Å². The van der Waals surface area contributed by atoms with E-state index in [-0.39, 0.29) is 22.8 Å². The first-order chi connectivity index (χ1) is 9.97. The fourth-order valence-electron chi connectivity index (χ4n) is 2.67. The minimum Gasteiger partial charge on any atom is -0.355 e. The van der Waals surface area contributed by atoms with Crippen molar-refractivity contribution in [3.8, 4) is 0 Å². The molecule has 1 aromatic rings. The number of nitrogens with two attached hydrogens (primary N) is 1. The first-order valence-electron chi connectivity index (χ1n) is 7.02. The molecule has 2 unspecified atom stereocenters. The van der Waals surface area contributed by atoms with Crippen molar-refractivity contribution in [2.45, 2.75) is 30.2 Å². The highest BCUT2D eigenvalue weighted by molar-refractivity contribution is 7.89. The molecule has 1 fully saturated rings. The average Bonchev–Trinajstić information content (AvgIpc) is 2.93. The summed E-state index contributed by atoms with van der Waals surface area (Å²) < 4.78 is 27.4. The lowest BCUT2D eigenvalue weighted by Gasteiger charge is -2.19. The fraction of sp³-hybridized carbons (Fsp3) is 0.500. The summed E-state index contributed by atoms with van der Waals surface area (Å²) in [6, 6.07) is 5.79. The van der Waals surface area contributed by atoms with Crippen LogP contribution in [0, 0.1) is 5.92 Å². The third kappa shape index (κ3) is 3.61. The van der Waals surface area contributed by atoms with E-state index < -0.39 is 10.0 Å². The van der Waals surface area contributed by atoms with Gasteiger partial charge in [-0.15, -0.1) is 0 Å². The van der Waals surface area contributed by atoms with Crippen LogP contribution in [0.15, 0.2) is 29.2 Å². The van der Waals surface area contributed by atoms with Gasteiger partial charge in [-0.05, 0) is 49.6 Å². The van der Waals surface area contributed by atoms with E-state index in [4.69, 9.17) is 5.73 Å². The number of amides is 1. The van der Waals surface area contributed by atoms with Crippen LogP contribution in [0.2, 0.25) is 0 Å². The summed E-state index contributed by atoms with van der Waals surface area (Å²) in [6.45, 7) is 0.489. The Morgan fingerprint density at radius 1 is 1.29 bits per heavy atom. The van der Waals surface area contributed by atoms with Crippen LogP contribution in [0.25, 0.3) is 0 Å². The molecule has 0 saturated heterocycles. The Morgan fingerprint density at radius 3 is 2.52 bits per heavy atom. The molecule has 4 N–H and O–H groups in total. The molecule has 0 radical (unpaired) electrons. The third-order valence-corrected chi connectivity index (χ3v) is 5.43. The molecular weight excluding hydrogens is 290 g/mol. The average molecular weight is 311 g/mol. The molecule has 2 rings (SSSR count). The highest BCUT2D eigenvalue weighted by Gasteiger charge is 2.30. The lowest BCUT2D eigenvalue weighted by molar-refractivity contribution is 0.0963. The molecule has 21 heavy (non-hydrogen) atoms. The summed E-state index contributed by atoms with van der Waals surface area (Å²) in [5.74, 6) is -0.0455. The van der Waals surface area contributed by atoms with Crippen molar-refractivity contribution in [1.82, 2.24) is 10.0 Å². The van der Waals surface area contributed by atoms with Gasteiger partial charge in [-0.2, -0.15) is 0 Å². The molecule has 1 saturated carbocycles. The van der Waals surface area contributed by atoms with Crippen molar-refractivity contribution in [3.63, 3.8) is 0 Å². The van der Waals surface area contributed by atoms with E-state index in [1.165, 1.54) is 31.3 Å². The minimum atomic E-state index is -3.57. The topological polar surface area (TPSA) is 101 Å². The van der Waals surface area contributed by atoms with Crippen LogP contribution in [0.5, 0.6) is 0 Å². The van der Waals surface area contributed by atoms with E-state index in [2.05, 4.69) is 10.0 Å². The Kier molecular flexibility index (Phi) is 4.97. The van der Waals surface area contributed by atoms with Crippen LogP contribution in [0.4, 0.5) is 0 Å². The van der Waals surface area contributed by atoms with Gasteiger partial charge in [0.15, 0.2) is 0 Å². The Balaban J connectivity index is 2.14. The van der Waals surface area contributed by atoms with Gasteiger partial charge in [-0.25, -0.2) is 13.1 Å². The third-order valence-electron chi connectivity index (χ3n) is 3.92. The molecule has 1 amide bonds.